The minimum atomic E-state index is -0.212. The first-order chi connectivity index (χ1) is 12.5. The van der Waals surface area contributed by atoms with Gasteiger partial charge < -0.3 is 5.32 Å². The van der Waals surface area contributed by atoms with E-state index in [4.69, 9.17) is 11.6 Å². The smallest absolute Gasteiger partial charge is 0.248 e. The van der Waals surface area contributed by atoms with Crippen LogP contribution in [0.3, 0.4) is 0 Å². The van der Waals surface area contributed by atoms with Crippen LogP contribution in [0.4, 0.5) is 5.69 Å². The number of anilines is 1. The second-order valence-electron chi connectivity index (χ2n) is 6.12. The Morgan fingerprint density at radius 3 is 2.54 bits per heavy atom. The molecule has 132 valence electrons. The summed E-state index contributed by atoms with van der Waals surface area (Å²) in [7, 11) is 0. The fraction of sp³-hybridized carbons (Fsp3) is 0.143. The van der Waals surface area contributed by atoms with Crippen LogP contribution in [-0.4, -0.2) is 15.7 Å². The minimum Gasteiger partial charge on any atom is -0.322 e. The minimum absolute atomic E-state index is 0.212. The van der Waals surface area contributed by atoms with Crippen LogP contribution in [-0.2, 0) is 4.79 Å². The van der Waals surface area contributed by atoms with Gasteiger partial charge >= 0.3 is 0 Å². The molecule has 0 bridgehead atoms. The number of para-hydroxylation sites is 1. The van der Waals surface area contributed by atoms with Crippen LogP contribution >= 0.6 is 11.6 Å². The second kappa shape index (κ2) is 7.58. The molecule has 1 N–H and O–H groups in total. The number of aryl methyl sites for hydroxylation is 2. The summed E-state index contributed by atoms with van der Waals surface area (Å²) < 4.78 is 1.88. The summed E-state index contributed by atoms with van der Waals surface area (Å²) >= 11 is 6.09. The van der Waals surface area contributed by atoms with Crippen LogP contribution in [0.2, 0.25) is 5.02 Å². The predicted octanol–water partition coefficient (Wildman–Crippen LogP) is 5.10. The van der Waals surface area contributed by atoms with E-state index in [1.54, 1.807) is 12.1 Å². The molecule has 4 nitrogen and oxygen atoms in total. The number of aromatic nitrogens is 2. The van der Waals surface area contributed by atoms with Gasteiger partial charge in [0.2, 0.25) is 5.91 Å². The highest BCUT2D eigenvalue weighted by molar-refractivity contribution is 6.31. The van der Waals surface area contributed by atoms with Gasteiger partial charge in [-0.3, -0.25) is 4.79 Å². The summed E-state index contributed by atoms with van der Waals surface area (Å²) in [6.45, 7) is 5.85. The van der Waals surface area contributed by atoms with Crippen molar-refractivity contribution >= 4 is 29.3 Å². The summed E-state index contributed by atoms with van der Waals surface area (Å²) in [6, 6.07) is 15.4. The fourth-order valence-electron chi connectivity index (χ4n) is 2.73. The van der Waals surface area contributed by atoms with Crippen LogP contribution in [0.15, 0.2) is 54.6 Å². The highest BCUT2D eigenvalue weighted by Crippen LogP contribution is 2.21. The number of amides is 1. The lowest BCUT2D eigenvalue weighted by atomic mass is 10.1. The first kappa shape index (κ1) is 18.0. The van der Waals surface area contributed by atoms with Crippen molar-refractivity contribution in [2.75, 3.05) is 5.32 Å². The van der Waals surface area contributed by atoms with Crippen molar-refractivity contribution in [1.82, 2.24) is 9.78 Å². The Morgan fingerprint density at radius 2 is 1.85 bits per heavy atom. The van der Waals surface area contributed by atoms with E-state index in [1.807, 2.05) is 67.9 Å². The maximum atomic E-state index is 12.2. The van der Waals surface area contributed by atoms with E-state index in [2.05, 4.69) is 10.4 Å². The molecular formula is C21H20ClN3O. The molecule has 26 heavy (non-hydrogen) atoms. The third-order valence-electron chi connectivity index (χ3n) is 4.19. The van der Waals surface area contributed by atoms with E-state index in [0.717, 1.165) is 28.2 Å². The molecule has 3 aromatic rings. The Balaban J connectivity index is 1.79. The van der Waals surface area contributed by atoms with Crippen molar-refractivity contribution in [3.8, 4) is 5.69 Å². The number of nitrogens with one attached hydrogen (secondary N) is 1. The molecule has 0 unspecified atom stereocenters. The normalized spacial score (nSPS) is 11.1. The first-order valence-corrected chi connectivity index (χ1v) is 8.70. The number of carbonyl (C=O) groups is 1. The van der Waals surface area contributed by atoms with Crippen molar-refractivity contribution < 1.29 is 4.79 Å². The van der Waals surface area contributed by atoms with Crippen LogP contribution in [0.5, 0.6) is 0 Å². The van der Waals surface area contributed by atoms with Gasteiger partial charge in [-0.25, -0.2) is 4.68 Å². The van der Waals surface area contributed by atoms with Gasteiger partial charge in [0, 0.05) is 28.0 Å². The molecule has 0 radical (unpaired) electrons. The molecule has 0 aliphatic carbocycles. The average molecular weight is 366 g/mol. The van der Waals surface area contributed by atoms with Crippen molar-refractivity contribution in [3.05, 3.63) is 82.1 Å². The Hall–Kier alpha value is -2.85. The number of benzene rings is 2. The maximum absolute atomic E-state index is 12.2. The quantitative estimate of drug-likeness (QED) is 0.653. The largest absolute Gasteiger partial charge is 0.322 e. The maximum Gasteiger partial charge on any atom is 0.248 e. The number of nitrogens with zero attached hydrogens (tertiary/aromatic N) is 2. The molecule has 1 aromatic heterocycles. The molecule has 0 fully saturated rings. The Kier molecular flexibility index (Phi) is 5.24. The number of carbonyl (C=O) groups excluding carboxylic acids is 1. The predicted molar refractivity (Wildman–Crippen MR) is 107 cm³/mol. The third kappa shape index (κ3) is 3.86. The third-order valence-corrected chi connectivity index (χ3v) is 4.60. The highest BCUT2D eigenvalue weighted by atomic mass is 35.5. The van der Waals surface area contributed by atoms with Crippen LogP contribution in [0.25, 0.3) is 11.8 Å². The van der Waals surface area contributed by atoms with E-state index in [1.165, 1.54) is 6.08 Å². The van der Waals surface area contributed by atoms with Crippen molar-refractivity contribution in [3.63, 3.8) is 0 Å². The molecule has 0 aliphatic rings. The topological polar surface area (TPSA) is 46.9 Å². The molecule has 2 aromatic carbocycles. The van der Waals surface area contributed by atoms with Gasteiger partial charge in [-0.15, -0.1) is 0 Å². The van der Waals surface area contributed by atoms with Crippen molar-refractivity contribution in [2.45, 2.75) is 20.8 Å². The van der Waals surface area contributed by atoms with E-state index in [9.17, 15) is 4.79 Å². The van der Waals surface area contributed by atoms with E-state index in [-0.39, 0.29) is 5.91 Å². The molecule has 0 saturated carbocycles. The first-order valence-electron chi connectivity index (χ1n) is 8.32. The standard InChI is InChI=1S/C21H20ClN3O/c1-14-9-10-17(13-20(14)22)23-21(26)12-11-19-15(2)24-25(16(19)3)18-7-5-4-6-8-18/h4-13H,1-3H3,(H,23,26). The Morgan fingerprint density at radius 1 is 1.12 bits per heavy atom. The van der Waals surface area contributed by atoms with Crippen molar-refractivity contribution in [1.29, 1.82) is 0 Å². The fourth-order valence-corrected chi connectivity index (χ4v) is 2.91. The monoisotopic (exact) mass is 365 g/mol. The van der Waals surface area contributed by atoms with Crippen LogP contribution < -0.4 is 5.32 Å². The number of halogens is 1. The number of hydrogen-bond acceptors (Lipinski definition) is 2. The van der Waals surface area contributed by atoms with Crippen LogP contribution in [0, 0.1) is 20.8 Å². The Labute approximate surface area is 158 Å². The molecule has 1 amide bonds. The van der Waals surface area contributed by atoms with Gasteiger partial charge in [0.05, 0.1) is 11.4 Å². The molecule has 5 heteroatoms. The van der Waals surface area contributed by atoms with Gasteiger partial charge in [0.1, 0.15) is 0 Å². The van der Waals surface area contributed by atoms with E-state index in [0.29, 0.717) is 10.7 Å². The summed E-state index contributed by atoms with van der Waals surface area (Å²) in [5.74, 6) is -0.212. The molecular weight excluding hydrogens is 346 g/mol. The lowest BCUT2D eigenvalue weighted by Crippen LogP contribution is -2.07. The van der Waals surface area contributed by atoms with Gasteiger partial charge in [0.25, 0.3) is 0 Å². The molecule has 0 saturated heterocycles. The zero-order valence-electron chi connectivity index (χ0n) is 15.0. The van der Waals surface area contributed by atoms with Crippen molar-refractivity contribution in [2.24, 2.45) is 0 Å². The molecule has 1 heterocycles. The highest BCUT2D eigenvalue weighted by Gasteiger charge is 2.11. The lowest BCUT2D eigenvalue weighted by Gasteiger charge is -2.05. The van der Waals surface area contributed by atoms with E-state index < -0.39 is 0 Å². The zero-order chi connectivity index (χ0) is 18.7. The SMILES string of the molecule is Cc1ccc(NC(=O)C=Cc2c(C)nn(-c3ccccc3)c2C)cc1Cl. The van der Waals surface area contributed by atoms with Gasteiger partial charge in [-0.1, -0.05) is 35.9 Å². The zero-order valence-corrected chi connectivity index (χ0v) is 15.7. The Bertz CT molecular complexity index is 974. The molecule has 0 aliphatic heterocycles. The van der Waals surface area contributed by atoms with Gasteiger partial charge in [-0.2, -0.15) is 5.10 Å². The van der Waals surface area contributed by atoms with E-state index >= 15 is 0 Å². The number of rotatable bonds is 4. The summed E-state index contributed by atoms with van der Waals surface area (Å²) in [5.41, 5.74) is 5.42. The molecule has 3 rings (SSSR count). The van der Waals surface area contributed by atoms with Gasteiger partial charge in [0.15, 0.2) is 0 Å². The average Bonchev–Trinajstić information content (AvgIpc) is 2.91. The second-order valence-corrected chi connectivity index (χ2v) is 6.53. The summed E-state index contributed by atoms with van der Waals surface area (Å²) in [4.78, 5) is 12.2. The molecule has 0 spiro atoms. The summed E-state index contributed by atoms with van der Waals surface area (Å²) in [6.07, 6.45) is 3.31. The number of hydrogen-bond donors (Lipinski definition) is 1. The molecule has 0 atom stereocenters. The van der Waals surface area contributed by atoms with Crippen LogP contribution in [0.1, 0.15) is 22.5 Å². The summed E-state index contributed by atoms with van der Waals surface area (Å²) in [5, 5.41) is 8.03. The lowest BCUT2D eigenvalue weighted by molar-refractivity contribution is -0.111. The van der Waals surface area contributed by atoms with Gasteiger partial charge in [-0.05, 0) is 56.7 Å².